The van der Waals surface area contributed by atoms with Crippen LogP contribution < -0.4 is 5.32 Å². The Labute approximate surface area is 196 Å². The first kappa shape index (κ1) is 21.8. The number of aromatic amines is 1. The van der Waals surface area contributed by atoms with Crippen LogP contribution in [0.4, 0.5) is 23.4 Å². The summed E-state index contributed by atoms with van der Waals surface area (Å²) in [4.78, 5) is 23.7. The van der Waals surface area contributed by atoms with E-state index >= 15 is 0 Å². The predicted molar refractivity (Wildman–Crippen MR) is 121 cm³/mol. The van der Waals surface area contributed by atoms with E-state index in [4.69, 9.17) is 0 Å². The number of carboxylic acid groups (broad SMARTS) is 1. The molecule has 0 amide bonds. The largest absolute Gasteiger partial charge is 0.481 e. The van der Waals surface area contributed by atoms with Crippen LogP contribution in [-0.2, 0) is 4.79 Å². The second-order valence-electron chi connectivity index (χ2n) is 9.40. The molecule has 2 aromatic carbocycles. The summed E-state index contributed by atoms with van der Waals surface area (Å²) in [7, 11) is 0. The third kappa shape index (κ3) is 3.50. The molecule has 0 aliphatic heterocycles. The Bertz CT molecular complexity index is 1500. The van der Waals surface area contributed by atoms with Crippen LogP contribution in [0.15, 0.2) is 30.5 Å². The number of aromatic nitrogens is 3. The molecule has 35 heavy (non-hydrogen) atoms. The van der Waals surface area contributed by atoms with Gasteiger partial charge in [-0.1, -0.05) is 0 Å². The van der Waals surface area contributed by atoms with Crippen molar-refractivity contribution in [3.05, 3.63) is 53.7 Å². The van der Waals surface area contributed by atoms with Crippen LogP contribution in [0.3, 0.4) is 0 Å². The fourth-order valence-electron chi connectivity index (χ4n) is 5.86. The van der Waals surface area contributed by atoms with E-state index in [1.807, 2.05) is 0 Å². The van der Waals surface area contributed by atoms with E-state index in [-0.39, 0.29) is 50.8 Å². The van der Waals surface area contributed by atoms with Crippen LogP contribution in [0, 0.1) is 41.0 Å². The van der Waals surface area contributed by atoms with Gasteiger partial charge in [-0.15, -0.1) is 0 Å². The standard InChI is InChI=1S/C25H20F4N4O2/c26-12-5-13-15(9-30-22(13)18(29)6-12)24-31-19-8-17(28)16(27)7-14(19)23(33-24)32-21-11-3-1-10(2-4-11)20(21)25(34)35/h5-11,20-21,30H,1-4H2,(H,34,35)(H,31,32,33)/t10?,11?,20-,21-/m1/s1. The number of halogens is 4. The van der Waals surface area contributed by atoms with Crippen molar-refractivity contribution < 1.29 is 27.5 Å². The first-order valence-electron chi connectivity index (χ1n) is 11.4. The lowest BCUT2D eigenvalue weighted by Crippen LogP contribution is -2.51. The lowest BCUT2D eigenvalue weighted by Gasteiger charge is -2.47. The maximum absolute atomic E-state index is 14.2. The zero-order valence-electron chi connectivity index (χ0n) is 18.3. The van der Waals surface area contributed by atoms with Gasteiger partial charge >= 0.3 is 5.97 Å². The minimum absolute atomic E-state index is 0.0244. The molecule has 0 unspecified atom stereocenters. The van der Waals surface area contributed by atoms with E-state index in [2.05, 4.69) is 20.3 Å². The Hall–Kier alpha value is -3.69. The van der Waals surface area contributed by atoms with Gasteiger partial charge in [0, 0.05) is 40.7 Å². The molecule has 0 spiro atoms. The van der Waals surface area contributed by atoms with E-state index in [9.17, 15) is 27.5 Å². The fraction of sp³-hybridized carbons (Fsp3) is 0.320. The molecule has 4 aromatic rings. The highest BCUT2D eigenvalue weighted by atomic mass is 19.2. The normalized spacial score (nSPS) is 23.8. The van der Waals surface area contributed by atoms with Crippen LogP contribution in [0.25, 0.3) is 33.2 Å². The summed E-state index contributed by atoms with van der Waals surface area (Å²) in [5, 5.41) is 13.5. The number of carbonyl (C=O) groups is 1. The third-order valence-corrected chi connectivity index (χ3v) is 7.49. The van der Waals surface area contributed by atoms with Gasteiger partial charge in [0.25, 0.3) is 0 Å². The highest BCUT2D eigenvalue weighted by molar-refractivity contribution is 5.97. The monoisotopic (exact) mass is 484 g/mol. The lowest BCUT2D eigenvalue weighted by molar-refractivity contribution is -0.148. The molecule has 6 nitrogen and oxygen atoms in total. The van der Waals surface area contributed by atoms with Gasteiger partial charge in [0.1, 0.15) is 17.5 Å². The van der Waals surface area contributed by atoms with Crippen molar-refractivity contribution in [1.29, 1.82) is 0 Å². The number of nitrogens with zero attached hydrogens (tertiary/aromatic N) is 2. The molecule has 3 saturated carbocycles. The van der Waals surface area contributed by atoms with Crippen molar-refractivity contribution in [3.63, 3.8) is 0 Å². The second kappa shape index (κ2) is 7.93. The van der Waals surface area contributed by atoms with Crippen LogP contribution in [0.5, 0.6) is 0 Å². The van der Waals surface area contributed by atoms with E-state index in [0.29, 0.717) is 0 Å². The molecule has 7 rings (SSSR count). The number of carboxylic acids is 1. The maximum Gasteiger partial charge on any atom is 0.308 e. The van der Waals surface area contributed by atoms with Crippen LogP contribution in [0.2, 0.25) is 0 Å². The van der Waals surface area contributed by atoms with Gasteiger partial charge in [0.05, 0.1) is 17.0 Å². The molecule has 2 aromatic heterocycles. The molecule has 0 saturated heterocycles. The number of nitrogens with one attached hydrogen (secondary N) is 2. The average molecular weight is 484 g/mol. The number of rotatable bonds is 4. The zero-order chi connectivity index (χ0) is 24.4. The summed E-state index contributed by atoms with van der Waals surface area (Å²) in [6, 6.07) is 3.34. The van der Waals surface area contributed by atoms with E-state index < -0.39 is 41.2 Å². The molecule has 3 N–H and O–H groups in total. The smallest absolute Gasteiger partial charge is 0.308 e. The van der Waals surface area contributed by atoms with Crippen LogP contribution >= 0.6 is 0 Å². The summed E-state index contributed by atoms with van der Waals surface area (Å²) in [5.41, 5.74) is 0.406. The predicted octanol–water partition coefficient (Wildman–Crippen LogP) is 5.64. The van der Waals surface area contributed by atoms with Gasteiger partial charge in [-0.3, -0.25) is 4.79 Å². The lowest BCUT2D eigenvalue weighted by atomic mass is 9.61. The van der Waals surface area contributed by atoms with Crippen LogP contribution in [-0.4, -0.2) is 32.1 Å². The second-order valence-corrected chi connectivity index (χ2v) is 9.40. The Kier molecular flexibility index (Phi) is 4.94. The van der Waals surface area contributed by atoms with Crippen molar-refractivity contribution in [2.75, 3.05) is 5.32 Å². The van der Waals surface area contributed by atoms with Gasteiger partial charge in [-0.2, -0.15) is 0 Å². The zero-order valence-corrected chi connectivity index (χ0v) is 18.3. The minimum atomic E-state index is -1.11. The molecule has 2 bridgehead atoms. The van der Waals surface area contributed by atoms with Crippen molar-refractivity contribution in [2.45, 2.75) is 31.7 Å². The Morgan fingerprint density at radius 2 is 1.63 bits per heavy atom. The van der Waals surface area contributed by atoms with Gasteiger partial charge in [-0.25, -0.2) is 27.5 Å². The van der Waals surface area contributed by atoms with Gasteiger partial charge in [0.15, 0.2) is 17.5 Å². The summed E-state index contributed by atoms with van der Waals surface area (Å²) in [6.45, 7) is 0. The van der Waals surface area contributed by atoms with E-state index in [0.717, 1.165) is 49.9 Å². The quantitative estimate of drug-likeness (QED) is 0.327. The number of fused-ring (bicyclic) bond motifs is 5. The molecule has 3 fully saturated rings. The van der Waals surface area contributed by atoms with Crippen molar-refractivity contribution in [1.82, 2.24) is 15.0 Å². The average Bonchev–Trinajstić information content (AvgIpc) is 3.25. The number of hydrogen-bond donors (Lipinski definition) is 3. The molecular weight excluding hydrogens is 464 g/mol. The van der Waals surface area contributed by atoms with E-state index in [1.54, 1.807) is 0 Å². The molecule has 3 aliphatic rings. The molecule has 180 valence electrons. The highest BCUT2D eigenvalue weighted by Crippen LogP contribution is 2.47. The number of benzene rings is 2. The van der Waals surface area contributed by atoms with Gasteiger partial charge in [-0.05, 0) is 49.7 Å². The molecule has 0 radical (unpaired) electrons. The first-order chi connectivity index (χ1) is 16.8. The summed E-state index contributed by atoms with van der Waals surface area (Å²) < 4.78 is 56.5. The van der Waals surface area contributed by atoms with Crippen molar-refractivity contribution in [2.24, 2.45) is 17.8 Å². The number of aliphatic carboxylic acids is 1. The van der Waals surface area contributed by atoms with Gasteiger partial charge in [0.2, 0.25) is 0 Å². The van der Waals surface area contributed by atoms with Gasteiger partial charge < -0.3 is 15.4 Å². The summed E-state index contributed by atoms with van der Waals surface area (Å²) >= 11 is 0. The van der Waals surface area contributed by atoms with Crippen molar-refractivity contribution >= 4 is 33.6 Å². The third-order valence-electron chi connectivity index (χ3n) is 7.49. The number of H-pyrrole nitrogens is 1. The SMILES string of the molecule is O=C(O)[C@@H]1C2CCC(CC2)[C@H]1Nc1nc(-c2c[nH]c3c(F)cc(F)cc23)nc2cc(F)c(F)cc12. The fourth-order valence-corrected chi connectivity index (χ4v) is 5.86. The molecule has 3 aliphatic carbocycles. The summed E-state index contributed by atoms with van der Waals surface area (Å²) in [5.74, 6) is -5.02. The molecule has 10 heteroatoms. The molecule has 2 atom stereocenters. The minimum Gasteiger partial charge on any atom is -0.481 e. The number of anilines is 1. The maximum atomic E-state index is 14.2. The van der Waals surface area contributed by atoms with Crippen LogP contribution in [0.1, 0.15) is 25.7 Å². The van der Waals surface area contributed by atoms with Crippen molar-refractivity contribution in [3.8, 4) is 11.4 Å². The highest BCUT2D eigenvalue weighted by Gasteiger charge is 2.47. The first-order valence-corrected chi connectivity index (χ1v) is 11.4. The molecule has 2 heterocycles. The van der Waals surface area contributed by atoms with E-state index in [1.165, 1.54) is 6.20 Å². The Balaban J connectivity index is 1.53. The molecular formula is C25H20F4N4O2. The Morgan fingerprint density at radius 3 is 2.37 bits per heavy atom. The topological polar surface area (TPSA) is 90.9 Å². The number of hydrogen-bond acceptors (Lipinski definition) is 4. The Morgan fingerprint density at radius 1 is 0.914 bits per heavy atom. The summed E-state index contributed by atoms with van der Waals surface area (Å²) in [6.07, 6.45) is 4.82.